The first-order valence-electron chi connectivity index (χ1n) is 13.6. The van der Waals surface area contributed by atoms with Crippen molar-refractivity contribution < 1.29 is 36.9 Å². The van der Waals surface area contributed by atoms with Crippen molar-refractivity contribution in [3.05, 3.63) is 89.7 Å². The normalized spacial score (nSPS) is 11.9. The van der Waals surface area contributed by atoms with E-state index in [1.807, 2.05) is 6.07 Å². The van der Waals surface area contributed by atoms with Crippen LogP contribution in [0.1, 0.15) is 20.7 Å². The third kappa shape index (κ3) is 5.29. The molecule has 2 heterocycles. The lowest BCUT2D eigenvalue weighted by Crippen LogP contribution is -2.20. The number of methoxy groups -OCH3 is 1. The molecule has 12 heteroatoms. The van der Waals surface area contributed by atoms with Crippen LogP contribution in [0, 0.1) is 5.82 Å². The minimum atomic E-state index is -1.43. The number of hydrogen-bond acceptors (Lipinski definition) is 7. The first-order valence-corrected chi connectivity index (χ1v) is 15.1. The molecule has 1 amide bonds. The number of benzene rings is 4. The second-order valence-electron chi connectivity index (χ2n) is 10.1. The van der Waals surface area contributed by atoms with Crippen molar-refractivity contribution in [3.8, 4) is 39.7 Å². The van der Waals surface area contributed by atoms with E-state index in [1.54, 1.807) is 47.9 Å². The van der Waals surface area contributed by atoms with Crippen LogP contribution in [-0.2, 0) is 11.0 Å². The average molecular weight is 628 g/mol. The smallest absolute Gasteiger partial charge is 0.335 e. The lowest BCUT2D eigenvalue weighted by Gasteiger charge is -2.20. The molecule has 0 fully saturated rings. The summed E-state index contributed by atoms with van der Waals surface area (Å²) in [5.74, 6) is -0.998. The maximum Gasteiger partial charge on any atom is 0.335 e. The first-order chi connectivity index (χ1) is 21.6. The largest absolute Gasteiger partial charge is 0.496 e. The molecule has 6 rings (SSSR count). The van der Waals surface area contributed by atoms with Gasteiger partial charge in [-0.2, -0.15) is 0 Å². The molecule has 0 spiro atoms. The third-order valence-corrected chi connectivity index (χ3v) is 8.44. The predicted molar refractivity (Wildman–Crippen MR) is 169 cm³/mol. The van der Waals surface area contributed by atoms with Crippen molar-refractivity contribution >= 4 is 50.6 Å². The van der Waals surface area contributed by atoms with Gasteiger partial charge in [0.05, 0.1) is 29.5 Å². The van der Waals surface area contributed by atoms with E-state index >= 15 is 0 Å². The molecule has 45 heavy (non-hydrogen) atoms. The Morgan fingerprint density at radius 2 is 1.69 bits per heavy atom. The minimum Gasteiger partial charge on any atom is -0.496 e. The SMILES string of the molecule is CNC(=O)c1c(-c2ccc(F)cc2)oc2cc(N(C)S(C)=O)c(-c3ccc(OC)c(-c4nc5cc(C(=O)O)ccc5o4)c3)cc12. The molecule has 4 aromatic carbocycles. The van der Waals surface area contributed by atoms with Crippen LogP contribution in [0.2, 0.25) is 0 Å². The molecule has 0 radical (unpaired) electrons. The van der Waals surface area contributed by atoms with Gasteiger partial charge in [0.1, 0.15) is 39.4 Å². The number of anilines is 1. The van der Waals surface area contributed by atoms with Crippen molar-refractivity contribution in [1.82, 2.24) is 10.3 Å². The summed E-state index contributed by atoms with van der Waals surface area (Å²) >= 11 is 0. The number of oxazole rings is 1. The van der Waals surface area contributed by atoms with Crippen LogP contribution < -0.4 is 14.4 Å². The van der Waals surface area contributed by atoms with Crippen LogP contribution in [0.15, 0.2) is 81.6 Å². The quantitative estimate of drug-likeness (QED) is 0.195. The van der Waals surface area contributed by atoms with Crippen molar-refractivity contribution in [2.45, 2.75) is 0 Å². The number of aromatic carboxylic acids is 1. The van der Waals surface area contributed by atoms with E-state index in [0.717, 1.165) is 0 Å². The fraction of sp³-hybridized carbons (Fsp3) is 0.121. The first kappa shape index (κ1) is 29.6. The summed E-state index contributed by atoms with van der Waals surface area (Å²) in [6, 6.07) is 18.9. The molecule has 6 aromatic rings. The zero-order chi connectivity index (χ0) is 32.0. The highest BCUT2D eigenvalue weighted by Gasteiger charge is 2.26. The van der Waals surface area contributed by atoms with Gasteiger partial charge in [0.15, 0.2) is 5.58 Å². The summed E-state index contributed by atoms with van der Waals surface area (Å²) in [4.78, 5) is 29.2. The molecule has 2 N–H and O–H groups in total. The number of carbonyl (C=O) groups is 2. The molecular weight excluding hydrogens is 601 g/mol. The van der Waals surface area contributed by atoms with Crippen LogP contribution in [0.3, 0.4) is 0 Å². The minimum absolute atomic E-state index is 0.0728. The van der Waals surface area contributed by atoms with Crippen LogP contribution >= 0.6 is 0 Å². The number of nitrogens with one attached hydrogen (secondary N) is 1. The number of furan rings is 1. The van der Waals surface area contributed by atoms with Crippen molar-refractivity contribution in [1.29, 1.82) is 0 Å². The molecule has 0 aliphatic rings. The second-order valence-corrected chi connectivity index (χ2v) is 11.5. The van der Waals surface area contributed by atoms with Crippen LogP contribution in [-0.4, -0.2) is 53.6 Å². The molecule has 0 bridgehead atoms. The van der Waals surface area contributed by atoms with E-state index in [0.29, 0.717) is 55.8 Å². The Morgan fingerprint density at radius 3 is 2.36 bits per heavy atom. The van der Waals surface area contributed by atoms with E-state index in [4.69, 9.17) is 13.6 Å². The Hall–Kier alpha value is -5.49. The number of carbonyl (C=O) groups excluding carboxylic acids is 1. The van der Waals surface area contributed by atoms with Gasteiger partial charge < -0.3 is 24.0 Å². The number of fused-ring (bicyclic) bond motifs is 2. The van der Waals surface area contributed by atoms with Gasteiger partial charge in [-0.3, -0.25) is 9.10 Å². The van der Waals surface area contributed by atoms with Crippen LogP contribution in [0.4, 0.5) is 10.1 Å². The van der Waals surface area contributed by atoms with E-state index in [9.17, 15) is 23.3 Å². The lowest BCUT2D eigenvalue weighted by molar-refractivity contribution is 0.0696. The van der Waals surface area contributed by atoms with Gasteiger partial charge in [0, 0.05) is 42.9 Å². The molecule has 0 saturated heterocycles. The molecule has 0 aliphatic carbocycles. The summed E-state index contributed by atoms with van der Waals surface area (Å²) in [5.41, 5.74) is 4.27. The van der Waals surface area contributed by atoms with Crippen molar-refractivity contribution in [3.63, 3.8) is 0 Å². The second kappa shape index (κ2) is 11.5. The van der Waals surface area contributed by atoms with E-state index in [2.05, 4.69) is 10.3 Å². The number of rotatable bonds is 8. The van der Waals surface area contributed by atoms with Gasteiger partial charge in [-0.15, -0.1) is 0 Å². The highest BCUT2D eigenvalue weighted by atomic mass is 32.2. The van der Waals surface area contributed by atoms with Gasteiger partial charge >= 0.3 is 5.97 Å². The zero-order valence-electron chi connectivity index (χ0n) is 24.5. The van der Waals surface area contributed by atoms with Gasteiger partial charge in [-0.1, -0.05) is 6.07 Å². The van der Waals surface area contributed by atoms with Gasteiger partial charge in [0.2, 0.25) is 5.89 Å². The average Bonchev–Trinajstić information content (AvgIpc) is 3.64. The maximum atomic E-state index is 13.7. The zero-order valence-corrected chi connectivity index (χ0v) is 25.3. The van der Waals surface area contributed by atoms with E-state index < -0.39 is 28.7 Å². The predicted octanol–water partition coefficient (Wildman–Crippen LogP) is 6.51. The summed E-state index contributed by atoms with van der Waals surface area (Å²) < 4.78 is 45.8. The van der Waals surface area contributed by atoms with Crippen LogP contribution in [0.25, 0.3) is 56.0 Å². The third-order valence-electron chi connectivity index (χ3n) is 7.47. The Kier molecular flexibility index (Phi) is 7.59. The molecular formula is C33H26FN3O7S. The van der Waals surface area contributed by atoms with Crippen molar-refractivity contribution in [2.75, 3.05) is 31.8 Å². The number of aromatic nitrogens is 1. The monoisotopic (exact) mass is 627 g/mol. The molecule has 228 valence electrons. The fourth-order valence-electron chi connectivity index (χ4n) is 5.14. The molecule has 10 nitrogen and oxygen atoms in total. The van der Waals surface area contributed by atoms with Crippen LogP contribution in [0.5, 0.6) is 5.75 Å². The molecule has 1 unspecified atom stereocenters. The molecule has 0 aliphatic heterocycles. The van der Waals surface area contributed by atoms with E-state index in [-0.39, 0.29) is 22.8 Å². The number of carboxylic acid groups (broad SMARTS) is 1. The standard InChI is InChI=1S/C33H26FN3O7S/c1-35-31(38)29-22-15-21(25(37(2)45(4)41)16-28(22)43-30(29)17-5-9-20(34)10-6-17)18-7-11-26(42-3)23(13-18)32-36-24-14-19(33(39)40)8-12-27(24)44-32/h5-16H,1-4H3,(H,35,38)(H,39,40). The Morgan fingerprint density at radius 1 is 0.956 bits per heavy atom. The maximum absolute atomic E-state index is 13.7. The topological polar surface area (TPSA) is 135 Å². The number of hydrogen-bond donors (Lipinski definition) is 2. The molecule has 1 atom stereocenters. The fourth-order valence-corrected chi connectivity index (χ4v) is 5.56. The Labute approximate surface area is 258 Å². The Bertz CT molecular complexity index is 2150. The number of carboxylic acids is 1. The summed E-state index contributed by atoms with van der Waals surface area (Å²) in [7, 11) is 3.26. The number of nitrogens with zero attached hydrogens (tertiary/aromatic N) is 2. The molecule has 2 aromatic heterocycles. The lowest BCUT2D eigenvalue weighted by atomic mass is 9.97. The number of halogens is 1. The highest BCUT2D eigenvalue weighted by Crippen LogP contribution is 2.43. The summed E-state index contributed by atoms with van der Waals surface area (Å²) in [6.07, 6.45) is 1.54. The summed E-state index contributed by atoms with van der Waals surface area (Å²) in [6.45, 7) is 0. The number of ether oxygens (including phenoxy) is 1. The van der Waals surface area contributed by atoms with Gasteiger partial charge in [-0.25, -0.2) is 18.4 Å². The van der Waals surface area contributed by atoms with Gasteiger partial charge in [0.25, 0.3) is 5.91 Å². The highest BCUT2D eigenvalue weighted by molar-refractivity contribution is 7.85. The summed E-state index contributed by atoms with van der Waals surface area (Å²) in [5, 5.41) is 12.5. The number of amides is 1. The van der Waals surface area contributed by atoms with E-state index in [1.165, 1.54) is 50.6 Å². The van der Waals surface area contributed by atoms with Gasteiger partial charge in [-0.05, 0) is 66.2 Å². The Balaban J connectivity index is 1.59. The van der Waals surface area contributed by atoms with Crippen molar-refractivity contribution in [2.24, 2.45) is 0 Å². The molecule has 0 saturated carbocycles.